The lowest BCUT2D eigenvalue weighted by molar-refractivity contribution is -0.123. The minimum absolute atomic E-state index is 0.00583. The van der Waals surface area contributed by atoms with Crippen LogP contribution in [0, 0.1) is 5.82 Å². The predicted octanol–water partition coefficient (Wildman–Crippen LogP) is 1.90. The van der Waals surface area contributed by atoms with Gasteiger partial charge in [-0.25, -0.2) is 9.37 Å². The molecule has 0 spiro atoms. The molecule has 4 nitrogen and oxygen atoms in total. The number of hydrogen-bond donors (Lipinski definition) is 2. The Hall–Kier alpha value is -2.17. The van der Waals surface area contributed by atoms with Gasteiger partial charge in [-0.15, -0.1) is 0 Å². The van der Waals surface area contributed by atoms with Gasteiger partial charge >= 0.3 is 0 Å². The van der Waals surface area contributed by atoms with E-state index < -0.39 is 5.41 Å². The van der Waals surface area contributed by atoms with Crippen molar-refractivity contribution in [3.05, 3.63) is 53.9 Å². The Morgan fingerprint density at radius 3 is 2.68 bits per heavy atom. The molecule has 1 aliphatic rings. The number of nitrogens with zero attached hydrogens (tertiary/aromatic N) is 1. The molecule has 1 saturated carbocycles. The van der Waals surface area contributed by atoms with Gasteiger partial charge in [0.05, 0.1) is 24.0 Å². The van der Waals surface area contributed by atoms with Crippen LogP contribution in [-0.2, 0) is 16.8 Å². The van der Waals surface area contributed by atoms with Crippen LogP contribution in [0.25, 0.3) is 0 Å². The smallest absolute Gasteiger partial charge is 0.230 e. The number of carbonyl (C=O) groups excluding carboxylic acids is 1. The maximum absolute atomic E-state index is 12.9. The molecule has 98 valence electrons. The number of carbonyl (C=O) groups is 1. The van der Waals surface area contributed by atoms with E-state index in [0.717, 1.165) is 24.1 Å². The highest BCUT2D eigenvalue weighted by Gasteiger charge is 2.51. The molecule has 5 heteroatoms. The zero-order valence-corrected chi connectivity index (χ0v) is 10.3. The van der Waals surface area contributed by atoms with E-state index in [-0.39, 0.29) is 11.7 Å². The van der Waals surface area contributed by atoms with Gasteiger partial charge in [0.2, 0.25) is 5.91 Å². The van der Waals surface area contributed by atoms with Crippen LogP contribution in [0.2, 0.25) is 0 Å². The van der Waals surface area contributed by atoms with Gasteiger partial charge in [0, 0.05) is 6.20 Å². The number of amides is 1. The van der Waals surface area contributed by atoms with Gasteiger partial charge in [-0.2, -0.15) is 0 Å². The largest absolute Gasteiger partial charge is 0.350 e. The fourth-order valence-corrected chi connectivity index (χ4v) is 2.27. The third-order valence-electron chi connectivity index (χ3n) is 3.58. The highest BCUT2D eigenvalue weighted by Crippen LogP contribution is 2.48. The molecule has 1 amide bonds. The van der Waals surface area contributed by atoms with Crippen molar-refractivity contribution < 1.29 is 9.18 Å². The van der Waals surface area contributed by atoms with E-state index in [9.17, 15) is 9.18 Å². The van der Waals surface area contributed by atoms with Crippen molar-refractivity contribution in [2.75, 3.05) is 0 Å². The van der Waals surface area contributed by atoms with E-state index in [2.05, 4.69) is 15.3 Å². The summed E-state index contributed by atoms with van der Waals surface area (Å²) in [6.07, 6.45) is 4.88. The number of nitrogens with one attached hydrogen (secondary N) is 2. The Labute approximate surface area is 110 Å². The molecular weight excluding hydrogens is 245 g/mol. The van der Waals surface area contributed by atoms with E-state index in [4.69, 9.17) is 0 Å². The summed E-state index contributed by atoms with van der Waals surface area (Å²) >= 11 is 0. The zero-order chi connectivity index (χ0) is 13.3. The molecule has 0 aliphatic heterocycles. The molecule has 1 aromatic heterocycles. The van der Waals surface area contributed by atoms with Crippen LogP contribution in [0.15, 0.2) is 36.8 Å². The van der Waals surface area contributed by atoms with E-state index >= 15 is 0 Å². The minimum Gasteiger partial charge on any atom is -0.350 e. The second-order valence-electron chi connectivity index (χ2n) is 4.85. The lowest BCUT2D eigenvalue weighted by Crippen LogP contribution is -2.34. The molecule has 0 atom stereocenters. The topological polar surface area (TPSA) is 57.8 Å². The lowest BCUT2D eigenvalue weighted by Gasteiger charge is -2.15. The van der Waals surface area contributed by atoms with Gasteiger partial charge in [-0.3, -0.25) is 4.79 Å². The van der Waals surface area contributed by atoms with Gasteiger partial charge in [0.1, 0.15) is 5.82 Å². The highest BCUT2D eigenvalue weighted by molar-refractivity contribution is 5.91. The SMILES string of the molecule is O=C(NCc1cnc[nH]1)C1(c2ccc(F)cc2)CC1. The summed E-state index contributed by atoms with van der Waals surface area (Å²) in [6, 6.07) is 6.19. The number of aromatic amines is 1. The first kappa shape index (κ1) is 11.9. The average molecular weight is 259 g/mol. The second-order valence-corrected chi connectivity index (χ2v) is 4.85. The van der Waals surface area contributed by atoms with Gasteiger partial charge in [0.25, 0.3) is 0 Å². The van der Waals surface area contributed by atoms with Gasteiger partial charge in [-0.1, -0.05) is 12.1 Å². The van der Waals surface area contributed by atoms with Crippen LogP contribution in [-0.4, -0.2) is 15.9 Å². The van der Waals surface area contributed by atoms with E-state index in [1.807, 2.05) is 0 Å². The van der Waals surface area contributed by atoms with Crippen LogP contribution in [0.1, 0.15) is 24.1 Å². The van der Waals surface area contributed by atoms with Crippen molar-refractivity contribution in [3.8, 4) is 0 Å². The Kier molecular flexibility index (Phi) is 2.81. The van der Waals surface area contributed by atoms with Gasteiger partial charge in [-0.05, 0) is 30.5 Å². The average Bonchev–Trinajstić information content (AvgIpc) is 3.07. The monoisotopic (exact) mass is 259 g/mol. The lowest BCUT2D eigenvalue weighted by atomic mass is 9.95. The normalized spacial score (nSPS) is 16.1. The molecule has 0 radical (unpaired) electrons. The molecule has 0 bridgehead atoms. The predicted molar refractivity (Wildman–Crippen MR) is 67.7 cm³/mol. The molecule has 3 rings (SSSR count). The fraction of sp³-hybridized carbons (Fsp3) is 0.286. The number of rotatable bonds is 4. The summed E-state index contributed by atoms with van der Waals surface area (Å²) in [4.78, 5) is 19.1. The van der Waals surface area contributed by atoms with Gasteiger partial charge < -0.3 is 10.3 Å². The fourth-order valence-electron chi connectivity index (χ4n) is 2.27. The minimum atomic E-state index is -0.465. The highest BCUT2D eigenvalue weighted by atomic mass is 19.1. The molecule has 19 heavy (non-hydrogen) atoms. The number of benzene rings is 1. The first-order valence-corrected chi connectivity index (χ1v) is 6.22. The zero-order valence-electron chi connectivity index (χ0n) is 10.3. The van der Waals surface area contributed by atoms with Crippen molar-refractivity contribution in [2.45, 2.75) is 24.8 Å². The van der Waals surface area contributed by atoms with Crippen LogP contribution in [0.5, 0.6) is 0 Å². The number of imidazole rings is 1. The molecule has 2 N–H and O–H groups in total. The van der Waals surface area contributed by atoms with Crippen molar-refractivity contribution in [1.29, 1.82) is 0 Å². The van der Waals surface area contributed by atoms with E-state index in [1.54, 1.807) is 24.7 Å². The molecule has 1 heterocycles. The maximum atomic E-state index is 12.9. The Morgan fingerprint density at radius 1 is 1.37 bits per heavy atom. The van der Waals surface area contributed by atoms with Gasteiger partial charge in [0.15, 0.2) is 0 Å². The van der Waals surface area contributed by atoms with Crippen LogP contribution >= 0.6 is 0 Å². The third-order valence-corrected chi connectivity index (χ3v) is 3.58. The van der Waals surface area contributed by atoms with Crippen molar-refractivity contribution >= 4 is 5.91 Å². The third kappa shape index (κ3) is 2.23. The Balaban J connectivity index is 1.70. The first-order chi connectivity index (χ1) is 9.21. The summed E-state index contributed by atoms with van der Waals surface area (Å²) < 4.78 is 12.9. The summed E-state index contributed by atoms with van der Waals surface area (Å²) in [5.41, 5.74) is 1.28. The standard InChI is InChI=1S/C14H14FN3O/c15-11-3-1-10(2-4-11)14(5-6-14)13(19)17-8-12-7-16-9-18-12/h1-4,7,9H,5-6,8H2,(H,16,18)(H,17,19). The number of hydrogen-bond acceptors (Lipinski definition) is 2. The summed E-state index contributed by atoms with van der Waals surface area (Å²) in [5, 5.41) is 2.90. The van der Waals surface area contributed by atoms with Crippen molar-refractivity contribution in [1.82, 2.24) is 15.3 Å². The Bertz CT molecular complexity index is 573. The number of H-pyrrole nitrogens is 1. The molecule has 1 fully saturated rings. The molecule has 0 saturated heterocycles. The molecule has 1 aromatic carbocycles. The molecule has 2 aromatic rings. The quantitative estimate of drug-likeness (QED) is 0.881. The molecular formula is C14H14FN3O. The first-order valence-electron chi connectivity index (χ1n) is 6.22. The second kappa shape index (κ2) is 4.50. The molecule has 1 aliphatic carbocycles. The Morgan fingerprint density at radius 2 is 2.11 bits per heavy atom. The van der Waals surface area contributed by atoms with Crippen molar-refractivity contribution in [3.63, 3.8) is 0 Å². The van der Waals surface area contributed by atoms with Crippen LogP contribution in [0.3, 0.4) is 0 Å². The number of aromatic nitrogens is 2. The number of halogens is 1. The summed E-state index contributed by atoms with van der Waals surface area (Å²) in [7, 11) is 0. The summed E-state index contributed by atoms with van der Waals surface area (Å²) in [6.45, 7) is 0.432. The summed E-state index contributed by atoms with van der Waals surface area (Å²) in [5.74, 6) is -0.286. The van der Waals surface area contributed by atoms with Crippen LogP contribution < -0.4 is 5.32 Å². The van der Waals surface area contributed by atoms with Crippen molar-refractivity contribution in [2.24, 2.45) is 0 Å². The van der Waals surface area contributed by atoms with Crippen LogP contribution in [0.4, 0.5) is 4.39 Å². The van der Waals surface area contributed by atoms with E-state index in [1.165, 1.54) is 12.1 Å². The maximum Gasteiger partial charge on any atom is 0.230 e. The van der Waals surface area contributed by atoms with E-state index in [0.29, 0.717) is 6.54 Å². The molecule has 0 unspecified atom stereocenters.